The molecule has 0 aromatic rings. The average molecular weight is 282 g/mol. The van der Waals surface area contributed by atoms with E-state index >= 15 is 0 Å². The Morgan fingerprint density at radius 3 is 2.55 bits per heavy atom. The highest BCUT2D eigenvalue weighted by Crippen LogP contribution is 2.40. The van der Waals surface area contributed by atoms with Gasteiger partial charge in [-0.15, -0.1) is 0 Å². The Hall–Kier alpha value is -0.120. The summed E-state index contributed by atoms with van der Waals surface area (Å²) in [7, 11) is 4.36. The van der Waals surface area contributed by atoms with E-state index in [1.807, 2.05) is 0 Å². The zero-order chi connectivity index (χ0) is 14.6. The molecule has 118 valence electrons. The molecule has 0 aromatic carbocycles. The fourth-order valence-corrected chi connectivity index (χ4v) is 4.08. The Morgan fingerprint density at radius 1 is 1.25 bits per heavy atom. The topological polar surface area (TPSA) is 24.5 Å². The minimum atomic E-state index is 0.233. The third-order valence-corrected chi connectivity index (χ3v) is 4.82. The zero-order valence-corrected chi connectivity index (χ0v) is 14.0. The van der Waals surface area contributed by atoms with Crippen molar-refractivity contribution < 1.29 is 4.74 Å². The molecule has 1 saturated carbocycles. The molecule has 1 spiro atoms. The molecular formula is C17H34N2O. The molecule has 2 atom stereocenters. The molecule has 3 heteroatoms. The first kappa shape index (κ1) is 16.3. The number of hydrogen-bond donors (Lipinski definition) is 1. The lowest BCUT2D eigenvalue weighted by molar-refractivity contribution is -0.0851. The van der Waals surface area contributed by atoms with Gasteiger partial charge in [-0.3, -0.25) is 0 Å². The second-order valence-corrected chi connectivity index (χ2v) is 7.68. The molecule has 1 aliphatic heterocycles. The van der Waals surface area contributed by atoms with Crippen LogP contribution in [0.15, 0.2) is 0 Å². The van der Waals surface area contributed by atoms with E-state index in [9.17, 15) is 0 Å². The van der Waals surface area contributed by atoms with Crippen LogP contribution in [0, 0.1) is 5.92 Å². The van der Waals surface area contributed by atoms with Crippen LogP contribution in [0.2, 0.25) is 0 Å². The monoisotopic (exact) mass is 282 g/mol. The van der Waals surface area contributed by atoms with Crippen molar-refractivity contribution in [1.82, 2.24) is 10.2 Å². The van der Waals surface area contributed by atoms with Crippen LogP contribution >= 0.6 is 0 Å². The van der Waals surface area contributed by atoms with Gasteiger partial charge in [0, 0.05) is 25.2 Å². The third-order valence-electron chi connectivity index (χ3n) is 4.82. The lowest BCUT2D eigenvalue weighted by Gasteiger charge is -2.40. The van der Waals surface area contributed by atoms with Gasteiger partial charge in [0.15, 0.2) is 0 Å². The standard InChI is InChI=1S/C17H34N2O/c1-14(2)11-16(13-19(3)4)18-15-7-10-20-17(12-15)8-5-6-9-17/h14-16,18H,5-13H2,1-4H3. The molecule has 2 aliphatic rings. The molecule has 3 nitrogen and oxygen atoms in total. The van der Waals surface area contributed by atoms with Crippen molar-refractivity contribution >= 4 is 0 Å². The van der Waals surface area contributed by atoms with E-state index in [0.29, 0.717) is 12.1 Å². The van der Waals surface area contributed by atoms with Crippen molar-refractivity contribution in [2.45, 2.75) is 76.5 Å². The summed E-state index contributed by atoms with van der Waals surface area (Å²) in [5, 5.41) is 3.95. The van der Waals surface area contributed by atoms with Crippen LogP contribution in [0.25, 0.3) is 0 Å². The van der Waals surface area contributed by atoms with Gasteiger partial charge in [-0.25, -0.2) is 0 Å². The summed E-state index contributed by atoms with van der Waals surface area (Å²) in [6, 6.07) is 1.28. The molecule has 20 heavy (non-hydrogen) atoms. The molecule has 0 radical (unpaired) electrons. The zero-order valence-electron chi connectivity index (χ0n) is 14.0. The Morgan fingerprint density at radius 2 is 1.95 bits per heavy atom. The second-order valence-electron chi connectivity index (χ2n) is 7.68. The van der Waals surface area contributed by atoms with Gasteiger partial charge in [0.2, 0.25) is 0 Å². The van der Waals surface area contributed by atoms with E-state index in [-0.39, 0.29) is 5.60 Å². The number of ether oxygens (including phenoxy) is 1. The van der Waals surface area contributed by atoms with Crippen LogP contribution < -0.4 is 5.32 Å². The van der Waals surface area contributed by atoms with Gasteiger partial charge in [-0.1, -0.05) is 26.7 Å². The highest BCUT2D eigenvalue weighted by molar-refractivity contribution is 4.94. The Kier molecular flexibility index (Phi) is 5.88. The maximum absolute atomic E-state index is 6.15. The summed E-state index contributed by atoms with van der Waals surface area (Å²) in [5.74, 6) is 0.757. The Balaban J connectivity index is 1.88. The van der Waals surface area contributed by atoms with E-state index in [1.54, 1.807) is 0 Å². The van der Waals surface area contributed by atoms with E-state index < -0.39 is 0 Å². The first-order chi connectivity index (χ1) is 9.49. The van der Waals surface area contributed by atoms with Gasteiger partial charge in [0.25, 0.3) is 0 Å². The van der Waals surface area contributed by atoms with Crippen molar-refractivity contribution in [3.63, 3.8) is 0 Å². The predicted octanol–water partition coefficient (Wildman–Crippen LogP) is 3.04. The van der Waals surface area contributed by atoms with Gasteiger partial charge < -0.3 is 15.0 Å². The number of nitrogens with zero attached hydrogens (tertiary/aromatic N) is 1. The molecular weight excluding hydrogens is 248 g/mol. The van der Waals surface area contributed by atoms with E-state index in [1.165, 1.54) is 44.9 Å². The molecule has 0 aromatic heterocycles. The smallest absolute Gasteiger partial charge is 0.0697 e. The molecule has 2 rings (SSSR count). The molecule has 2 fully saturated rings. The summed E-state index contributed by atoms with van der Waals surface area (Å²) < 4.78 is 6.15. The van der Waals surface area contributed by atoms with Crippen LogP contribution in [-0.2, 0) is 4.74 Å². The van der Waals surface area contributed by atoms with Crippen molar-refractivity contribution in [3.05, 3.63) is 0 Å². The predicted molar refractivity (Wildman–Crippen MR) is 85.1 cm³/mol. The minimum Gasteiger partial charge on any atom is -0.375 e. The fraction of sp³-hybridized carbons (Fsp3) is 1.00. The summed E-state index contributed by atoms with van der Waals surface area (Å²) in [5.41, 5.74) is 0.233. The SMILES string of the molecule is CC(C)CC(CN(C)C)NC1CCOC2(CCCC2)C1. The van der Waals surface area contributed by atoms with Crippen molar-refractivity contribution in [3.8, 4) is 0 Å². The van der Waals surface area contributed by atoms with Crippen molar-refractivity contribution in [1.29, 1.82) is 0 Å². The molecule has 1 heterocycles. The van der Waals surface area contributed by atoms with Crippen LogP contribution in [0.4, 0.5) is 0 Å². The van der Waals surface area contributed by atoms with Gasteiger partial charge in [-0.05, 0) is 52.1 Å². The number of hydrogen-bond acceptors (Lipinski definition) is 3. The maximum Gasteiger partial charge on any atom is 0.0697 e. The molecule has 0 bridgehead atoms. The van der Waals surface area contributed by atoms with Crippen LogP contribution in [0.5, 0.6) is 0 Å². The molecule has 1 aliphatic carbocycles. The normalized spacial score (nSPS) is 27.6. The van der Waals surface area contributed by atoms with Gasteiger partial charge in [-0.2, -0.15) is 0 Å². The summed E-state index contributed by atoms with van der Waals surface area (Å²) in [4.78, 5) is 2.31. The highest BCUT2D eigenvalue weighted by atomic mass is 16.5. The van der Waals surface area contributed by atoms with Crippen LogP contribution in [0.3, 0.4) is 0 Å². The third kappa shape index (κ3) is 4.71. The van der Waals surface area contributed by atoms with Crippen molar-refractivity contribution in [2.24, 2.45) is 5.92 Å². The molecule has 1 saturated heterocycles. The Labute approximate surface area is 125 Å². The Bertz CT molecular complexity index is 275. The lowest BCUT2D eigenvalue weighted by Crippen LogP contribution is -2.51. The quantitative estimate of drug-likeness (QED) is 0.810. The van der Waals surface area contributed by atoms with Gasteiger partial charge in [0.1, 0.15) is 0 Å². The van der Waals surface area contributed by atoms with Gasteiger partial charge >= 0.3 is 0 Å². The summed E-state index contributed by atoms with van der Waals surface area (Å²) >= 11 is 0. The number of rotatable bonds is 6. The fourth-order valence-electron chi connectivity index (χ4n) is 4.08. The minimum absolute atomic E-state index is 0.233. The largest absolute Gasteiger partial charge is 0.375 e. The summed E-state index contributed by atoms with van der Waals surface area (Å²) in [6.45, 7) is 6.75. The average Bonchev–Trinajstić information content (AvgIpc) is 2.75. The van der Waals surface area contributed by atoms with Crippen LogP contribution in [0.1, 0.15) is 58.8 Å². The van der Waals surface area contributed by atoms with Crippen molar-refractivity contribution in [2.75, 3.05) is 27.2 Å². The van der Waals surface area contributed by atoms with E-state index in [0.717, 1.165) is 19.1 Å². The first-order valence-corrected chi connectivity index (χ1v) is 8.54. The van der Waals surface area contributed by atoms with E-state index in [2.05, 4.69) is 38.2 Å². The first-order valence-electron chi connectivity index (χ1n) is 8.54. The number of likely N-dealkylation sites (N-methyl/N-ethyl adjacent to an activating group) is 1. The molecule has 1 N–H and O–H groups in total. The van der Waals surface area contributed by atoms with Crippen LogP contribution in [-0.4, -0.2) is 49.8 Å². The molecule has 2 unspecified atom stereocenters. The van der Waals surface area contributed by atoms with Gasteiger partial charge in [0.05, 0.1) is 5.60 Å². The summed E-state index contributed by atoms with van der Waals surface area (Å²) in [6.07, 6.45) is 8.97. The van der Waals surface area contributed by atoms with E-state index in [4.69, 9.17) is 4.74 Å². The molecule has 0 amide bonds. The number of nitrogens with one attached hydrogen (secondary N) is 1. The second kappa shape index (κ2) is 7.24. The highest BCUT2D eigenvalue weighted by Gasteiger charge is 2.40. The maximum atomic E-state index is 6.15. The lowest BCUT2D eigenvalue weighted by atomic mass is 9.88.